The Morgan fingerprint density at radius 2 is 1.92 bits per heavy atom. The Morgan fingerprint density at radius 3 is 2.77 bits per heavy atom. The number of benzene rings is 2. The first kappa shape index (κ1) is 17.1. The SMILES string of the molecule is N[C@H](Cc1c[nH]c2ccccc12)c1nnc(SCc2ccc(Cl)cc2)o1. The number of nitrogens with two attached hydrogens (primary N) is 1. The highest BCUT2D eigenvalue weighted by atomic mass is 35.5. The van der Waals surface area contributed by atoms with Crippen LogP contribution in [0.25, 0.3) is 10.9 Å². The molecule has 0 bridgehead atoms. The molecule has 0 fully saturated rings. The van der Waals surface area contributed by atoms with Gasteiger partial charge in [0, 0.05) is 27.9 Å². The van der Waals surface area contributed by atoms with E-state index in [-0.39, 0.29) is 6.04 Å². The molecule has 3 N–H and O–H groups in total. The number of nitrogens with one attached hydrogen (secondary N) is 1. The summed E-state index contributed by atoms with van der Waals surface area (Å²) in [5.41, 5.74) is 9.66. The van der Waals surface area contributed by atoms with E-state index in [1.165, 1.54) is 17.1 Å². The first-order valence-corrected chi connectivity index (χ1v) is 9.56. The quantitative estimate of drug-likeness (QED) is 0.469. The number of nitrogens with zero attached hydrogens (tertiary/aromatic N) is 2. The molecule has 0 saturated heterocycles. The molecule has 0 aliphatic rings. The van der Waals surface area contributed by atoms with Crippen molar-refractivity contribution in [3.8, 4) is 0 Å². The average molecular weight is 385 g/mol. The zero-order chi connectivity index (χ0) is 17.9. The van der Waals surface area contributed by atoms with Gasteiger partial charge in [0.05, 0.1) is 6.04 Å². The van der Waals surface area contributed by atoms with Gasteiger partial charge in [0.25, 0.3) is 5.22 Å². The van der Waals surface area contributed by atoms with Gasteiger partial charge in [-0.15, -0.1) is 10.2 Å². The maximum atomic E-state index is 6.28. The van der Waals surface area contributed by atoms with Gasteiger partial charge in [0.1, 0.15) is 0 Å². The van der Waals surface area contributed by atoms with Crippen molar-refractivity contribution in [2.75, 3.05) is 0 Å². The summed E-state index contributed by atoms with van der Waals surface area (Å²) in [6.07, 6.45) is 2.62. The number of H-pyrrole nitrogens is 1. The fraction of sp³-hybridized carbons (Fsp3) is 0.158. The van der Waals surface area contributed by atoms with Gasteiger partial charge in [-0.2, -0.15) is 0 Å². The highest BCUT2D eigenvalue weighted by molar-refractivity contribution is 7.98. The first-order chi connectivity index (χ1) is 12.7. The second kappa shape index (κ2) is 7.53. The summed E-state index contributed by atoms with van der Waals surface area (Å²) in [6, 6.07) is 15.5. The number of aromatic amines is 1. The van der Waals surface area contributed by atoms with Crippen molar-refractivity contribution in [2.24, 2.45) is 5.73 Å². The molecule has 4 aromatic rings. The number of para-hydroxylation sites is 1. The third-order valence-electron chi connectivity index (χ3n) is 4.13. The Labute approximate surface area is 159 Å². The molecule has 132 valence electrons. The molecule has 0 amide bonds. The number of fused-ring (bicyclic) bond motifs is 1. The van der Waals surface area contributed by atoms with E-state index in [0.717, 1.165) is 27.4 Å². The van der Waals surface area contributed by atoms with E-state index < -0.39 is 0 Å². The van der Waals surface area contributed by atoms with Crippen LogP contribution in [0.15, 0.2) is 64.4 Å². The minimum atomic E-state index is -0.341. The van der Waals surface area contributed by atoms with Crippen LogP contribution >= 0.6 is 23.4 Å². The molecule has 7 heteroatoms. The summed E-state index contributed by atoms with van der Waals surface area (Å²) >= 11 is 7.38. The van der Waals surface area contributed by atoms with Crippen molar-refractivity contribution < 1.29 is 4.42 Å². The molecule has 2 aromatic carbocycles. The largest absolute Gasteiger partial charge is 0.414 e. The normalized spacial score (nSPS) is 12.5. The summed E-state index contributed by atoms with van der Waals surface area (Å²) in [6.45, 7) is 0. The standard InChI is InChI=1S/C19H17ClN4OS/c20-14-7-5-12(6-8-14)11-26-19-24-23-18(25-19)16(21)9-13-10-22-17-4-2-1-3-15(13)17/h1-8,10,16,22H,9,11,21H2/t16-/m1/s1. The van der Waals surface area contributed by atoms with E-state index in [4.69, 9.17) is 21.8 Å². The van der Waals surface area contributed by atoms with Gasteiger partial charge in [-0.1, -0.05) is 53.7 Å². The molecule has 0 aliphatic carbocycles. The minimum Gasteiger partial charge on any atom is -0.414 e. The lowest BCUT2D eigenvalue weighted by molar-refractivity contribution is 0.385. The summed E-state index contributed by atoms with van der Waals surface area (Å²) in [7, 11) is 0. The Kier molecular flexibility index (Phi) is 4.97. The number of hydrogen-bond acceptors (Lipinski definition) is 5. The van der Waals surface area contributed by atoms with Gasteiger partial charge in [0.15, 0.2) is 0 Å². The molecule has 4 rings (SSSR count). The second-order valence-corrected chi connectivity index (χ2v) is 7.35. The van der Waals surface area contributed by atoms with Gasteiger partial charge in [0.2, 0.25) is 5.89 Å². The van der Waals surface area contributed by atoms with E-state index in [2.05, 4.69) is 21.2 Å². The minimum absolute atomic E-state index is 0.341. The lowest BCUT2D eigenvalue weighted by Gasteiger charge is -2.05. The van der Waals surface area contributed by atoms with Crippen molar-refractivity contribution in [1.29, 1.82) is 0 Å². The van der Waals surface area contributed by atoms with Gasteiger partial charge < -0.3 is 15.1 Å². The zero-order valence-electron chi connectivity index (χ0n) is 13.9. The number of rotatable bonds is 6. The molecule has 0 unspecified atom stereocenters. The molecular formula is C19H17ClN4OS. The second-order valence-electron chi connectivity index (χ2n) is 5.99. The Hall–Kier alpha value is -2.28. The van der Waals surface area contributed by atoms with Crippen molar-refractivity contribution in [3.63, 3.8) is 0 Å². The first-order valence-electron chi connectivity index (χ1n) is 8.20. The predicted molar refractivity (Wildman–Crippen MR) is 104 cm³/mol. The predicted octanol–water partition coefficient (Wildman–Crippen LogP) is 4.74. The Morgan fingerprint density at radius 1 is 1.12 bits per heavy atom. The van der Waals surface area contributed by atoms with Gasteiger partial charge in [-0.05, 0) is 35.7 Å². The molecule has 2 aromatic heterocycles. The van der Waals surface area contributed by atoms with Crippen LogP contribution in [0.2, 0.25) is 5.02 Å². The summed E-state index contributed by atoms with van der Waals surface area (Å²) in [5, 5.41) is 10.6. The smallest absolute Gasteiger partial charge is 0.276 e. The van der Waals surface area contributed by atoms with Crippen molar-refractivity contribution in [3.05, 3.63) is 76.8 Å². The number of thioether (sulfide) groups is 1. The molecule has 0 radical (unpaired) electrons. The fourth-order valence-electron chi connectivity index (χ4n) is 2.78. The van der Waals surface area contributed by atoms with Crippen LogP contribution in [0, 0.1) is 0 Å². The van der Waals surface area contributed by atoms with Crippen LogP contribution < -0.4 is 5.73 Å². The Bertz CT molecular complexity index is 1010. The van der Waals surface area contributed by atoms with Crippen LogP contribution in [0.3, 0.4) is 0 Å². The molecular weight excluding hydrogens is 368 g/mol. The molecule has 5 nitrogen and oxygen atoms in total. The van der Waals surface area contributed by atoms with Crippen LogP contribution in [0.4, 0.5) is 0 Å². The molecule has 0 spiro atoms. The van der Waals surface area contributed by atoms with E-state index in [9.17, 15) is 0 Å². The van der Waals surface area contributed by atoms with Gasteiger partial charge in [-0.25, -0.2) is 0 Å². The van der Waals surface area contributed by atoms with Crippen molar-refractivity contribution in [2.45, 2.75) is 23.4 Å². The maximum absolute atomic E-state index is 6.28. The van der Waals surface area contributed by atoms with Gasteiger partial charge >= 0.3 is 0 Å². The van der Waals surface area contributed by atoms with E-state index in [1.54, 1.807) is 0 Å². The lowest BCUT2D eigenvalue weighted by atomic mass is 10.1. The van der Waals surface area contributed by atoms with E-state index in [1.807, 2.05) is 48.7 Å². The Balaban J connectivity index is 1.41. The van der Waals surface area contributed by atoms with Gasteiger partial charge in [-0.3, -0.25) is 0 Å². The van der Waals surface area contributed by atoms with Crippen LogP contribution in [-0.4, -0.2) is 15.2 Å². The van der Waals surface area contributed by atoms with Crippen molar-refractivity contribution in [1.82, 2.24) is 15.2 Å². The maximum Gasteiger partial charge on any atom is 0.276 e. The van der Waals surface area contributed by atoms with E-state index in [0.29, 0.717) is 17.5 Å². The average Bonchev–Trinajstić information content (AvgIpc) is 3.29. The van der Waals surface area contributed by atoms with E-state index >= 15 is 0 Å². The zero-order valence-corrected chi connectivity index (χ0v) is 15.4. The summed E-state index contributed by atoms with van der Waals surface area (Å²) < 4.78 is 5.73. The highest BCUT2D eigenvalue weighted by Crippen LogP contribution is 2.26. The topological polar surface area (TPSA) is 80.7 Å². The number of aromatic nitrogens is 3. The summed E-state index contributed by atoms with van der Waals surface area (Å²) in [4.78, 5) is 3.26. The number of hydrogen-bond donors (Lipinski definition) is 2. The van der Waals surface area contributed by atoms with Crippen molar-refractivity contribution >= 4 is 34.3 Å². The van der Waals surface area contributed by atoms with Crippen LogP contribution in [0.1, 0.15) is 23.1 Å². The molecule has 0 saturated carbocycles. The van der Waals surface area contributed by atoms with Crippen LogP contribution in [0.5, 0.6) is 0 Å². The summed E-state index contributed by atoms with van der Waals surface area (Å²) in [5.74, 6) is 1.19. The lowest BCUT2D eigenvalue weighted by Crippen LogP contribution is -2.13. The number of halogens is 1. The monoisotopic (exact) mass is 384 g/mol. The fourth-order valence-corrected chi connectivity index (χ4v) is 3.63. The highest BCUT2D eigenvalue weighted by Gasteiger charge is 2.17. The molecule has 1 atom stereocenters. The van der Waals surface area contributed by atoms with Crippen LogP contribution in [-0.2, 0) is 12.2 Å². The molecule has 0 aliphatic heterocycles. The third-order valence-corrected chi connectivity index (χ3v) is 5.27. The molecule has 2 heterocycles. The third kappa shape index (κ3) is 3.77. The molecule has 26 heavy (non-hydrogen) atoms.